The second-order valence-electron chi connectivity index (χ2n) is 9.62. The number of nitrogens with zero attached hydrogens (tertiary/aromatic N) is 2. The predicted molar refractivity (Wildman–Crippen MR) is 149 cm³/mol. The van der Waals surface area contributed by atoms with Crippen molar-refractivity contribution in [1.82, 2.24) is 25.2 Å². The largest absolute Gasteiger partial charge is 0.354 e. The molecule has 0 fully saturated rings. The highest BCUT2D eigenvalue weighted by molar-refractivity contribution is 5.95. The standard InChI is InChI=1S/C30H35N5O3/c1-21(36)11-5-3-8-16-26(34-30(38)28-31-19-20-35(28)2)29(37)32-18-17-24-23-14-9-10-15-25(23)33-27(24)22-12-6-4-7-13-22/h4,6-7,9-10,12-15,19-20,26,33H,3,5,8,11,16-18H2,1-2H3,(H,32,37)(H,34,38). The summed E-state index contributed by atoms with van der Waals surface area (Å²) in [5.41, 5.74) is 4.34. The maximum absolute atomic E-state index is 13.2. The lowest BCUT2D eigenvalue weighted by Crippen LogP contribution is -2.47. The fourth-order valence-electron chi connectivity index (χ4n) is 4.72. The van der Waals surface area contributed by atoms with Crippen molar-refractivity contribution in [3.05, 3.63) is 78.4 Å². The summed E-state index contributed by atoms with van der Waals surface area (Å²) < 4.78 is 1.62. The molecule has 0 aliphatic rings. The number of imidazole rings is 1. The minimum absolute atomic E-state index is 0.162. The Morgan fingerprint density at radius 2 is 1.76 bits per heavy atom. The molecule has 8 heteroatoms. The Morgan fingerprint density at radius 1 is 1.00 bits per heavy atom. The van der Waals surface area contributed by atoms with Crippen LogP contribution in [0.2, 0.25) is 0 Å². The Kier molecular flexibility index (Phi) is 9.08. The lowest BCUT2D eigenvalue weighted by molar-refractivity contribution is -0.123. The number of unbranched alkanes of at least 4 members (excludes halogenated alkanes) is 2. The quantitative estimate of drug-likeness (QED) is 0.228. The average molecular weight is 514 g/mol. The van der Waals surface area contributed by atoms with Gasteiger partial charge in [0, 0.05) is 49.0 Å². The fraction of sp³-hybridized carbons (Fsp3) is 0.333. The van der Waals surface area contributed by atoms with E-state index < -0.39 is 6.04 Å². The number of aromatic nitrogens is 3. The van der Waals surface area contributed by atoms with Crippen LogP contribution in [0.15, 0.2) is 67.0 Å². The summed E-state index contributed by atoms with van der Waals surface area (Å²) in [7, 11) is 1.74. The van der Waals surface area contributed by atoms with Crippen LogP contribution in [0, 0.1) is 0 Å². The minimum atomic E-state index is -0.687. The van der Waals surface area contributed by atoms with Crippen molar-refractivity contribution in [2.24, 2.45) is 7.05 Å². The highest BCUT2D eigenvalue weighted by atomic mass is 16.2. The van der Waals surface area contributed by atoms with Gasteiger partial charge in [0.15, 0.2) is 5.82 Å². The predicted octanol–water partition coefficient (Wildman–Crippen LogP) is 4.57. The first-order valence-corrected chi connectivity index (χ1v) is 13.1. The number of rotatable bonds is 13. The molecule has 3 N–H and O–H groups in total. The Balaban J connectivity index is 1.43. The molecule has 0 bridgehead atoms. The van der Waals surface area contributed by atoms with Crippen molar-refractivity contribution in [3.8, 4) is 11.3 Å². The van der Waals surface area contributed by atoms with E-state index in [1.165, 1.54) is 0 Å². The normalized spacial score (nSPS) is 11.8. The summed E-state index contributed by atoms with van der Waals surface area (Å²) in [4.78, 5) is 44.9. The van der Waals surface area contributed by atoms with Gasteiger partial charge in [-0.2, -0.15) is 0 Å². The molecule has 2 aromatic heterocycles. The topological polar surface area (TPSA) is 109 Å². The van der Waals surface area contributed by atoms with E-state index >= 15 is 0 Å². The van der Waals surface area contributed by atoms with E-state index in [2.05, 4.69) is 44.9 Å². The molecule has 1 atom stereocenters. The molecule has 4 rings (SSSR count). The van der Waals surface area contributed by atoms with Gasteiger partial charge >= 0.3 is 0 Å². The van der Waals surface area contributed by atoms with Crippen LogP contribution in [0.1, 0.15) is 55.2 Å². The maximum atomic E-state index is 13.2. The number of fused-ring (bicyclic) bond motifs is 1. The molecule has 0 aliphatic carbocycles. The number of benzene rings is 2. The molecule has 2 aromatic carbocycles. The van der Waals surface area contributed by atoms with Gasteiger partial charge in [0.25, 0.3) is 5.91 Å². The molecule has 0 saturated carbocycles. The third-order valence-corrected chi connectivity index (χ3v) is 6.72. The summed E-state index contributed by atoms with van der Waals surface area (Å²) in [5.74, 6) is -0.190. The third kappa shape index (κ3) is 6.76. The Morgan fingerprint density at radius 3 is 2.50 bits per heavy atom. The lowest BCUT2D eigenvalue weighted by atomic mass is 10.0. The average Bonchev–Trinajstić information content (AvgIpc) is 3.51. The molecule has 198 valence electrons. The van der Waals surface area contributed by atoms with Crippen molar-refractivity contribution in [1.29, 1.82) is 0 Å². The van der Waals surface area contributed by atoms with Crippen molar-refractivity contribution in [3.63, 3.8) is 0 Å². The van der Waals surface area contributed by atoms with Crippen LogP contribution in [-0.2, 0) is 23.1 Å². The number of ketones is 1. The van der Waals surface area contributed by atoms with Crippen LogP contribution in [0.3, 0.4) is 0 Å². The number of amides is 2. The monoisotopic (exact) mass is 513 g/mol. The maximum Gasteiger partial charge on any atom is 0.287 e. The van der Waals surface area contributed by atoms with E-state index in [9.17, 15) is 14.4 Å². The van der Waals surface area contributed by atoms with Crippen molar-refractivity contribution in [2.45, 2.75) is 51.5 Å². The number of aromatic amines is 1. The molecule has 2 heterocycles. The summed E-state index contributed by atoms with van der Waals surface area (Å²) in [6, 6.07) is 17.6. The van der Waals surface area contributed by atoms with Crippen LogP contribution >= 0.6 is 0 Å². The van der Waals surface area contributed by atoms with Crippen LogP contribution in [0.5, 0.6) is 0 Å². The van der Waals surface area contributed by atoms with Crippen LogP contribution in [0.4, 0.5) is 0 Å². The van der Waals surface area contributed by atoms with E-state index in [1.54, 1.807) is 30.9 Å². The highest BCUT2D eigenvalue weighted by Gasteiger charge is 2.23. The van der Waals surface area contributed by atoms with Gasteiger partial charge in [0.2, 0.25) is 5.91 Å². The van der Waals surface area contributed by atoms with Crippen LogP contribution in [0.25, 0.3) is 22.2 Å². The van der Waals surface area contributed by atoms with Crippen LogP contribution in [-0.4, -0.2) is 44.7 Å². The molecule has 0 saturated heterocycles. The molecule has 0 aliphatic heterocycles. The van der Waals surface area contributed by atoms with E-state index in [4.69, 9.17) is 0 Å². The Bertz CT molecular complexity index is 1390. The van der Waals surface area contributed by atoms with Crippen molar-refractivity contribution in [2.75, 3.05) is 6.54 Å². The van der Waals surface area contributed by atoms with E-state index in [-0.39, 0.29) is 23.4 Å². The molecule has 0 spiro atoms. The number of carbonyl (C=O) groups excluding carboxylic acids is 3. The Hall–Kier alpha value is -4.20. The second-order valence-corrected chi connectivity index (χ2v) is 9.62. The summed E-state index contributed by atoms with van der Waals surface area (Å²) in [5, 5.41) is 7.03. The van der Waals surface area contributed by atoms with Gasteiger partial charge in [-0.3, -0.25) is 9.59 Å². The molecular formula is C30H35N5O3. The Labute approximate surface area is 222 Å². The number of H-pyrrole nitrogens is 1. The van der Waals surface area contributed by atoms with Gasteiger partial charge in [-0.15, -0.1) is 0 Å². The number of carbonyl (C=O) groups is 3. The first kappa shape index (κ1) is 26.9. The van der Waals surface area contributed by atoms with Crippen molar-refractivity contribution < 1.29 is 14.4 Å². The molecule has 8 nitrogen and oxygen atoms in total. The minimum Gasteiger partial charge on any atom is -0.354 e. The van der Waals surface area contributed by atoms with Gasteiger partial charge < -0.3 is 25.0 Å². The van der Waals surface area contributed by atoms with Crippen LogP contribution < -0.4 is 10.6 Å². The number of hydrogen-bond acceptors (Lipinski definition) is 4. The smallest absolute Gasteiger partial charge is 0.287 e. The summed E-state index contributed by atoms with van der Waals surface area (Å²) >= 11 is 0. The first-order chi connectivity index (χ1) is 18.4. The molecule has 0 radical (unpaired) electrons. The van der Waals surface area contributed by atoms with Gasteiger partial charge in [-0.25, -0.2) is 4.98 Å². The fourth-order valence-corrected chi connectivity index (χ4v) is 4.72. The SMILES string of the molecule is CC(=O)CCCCCC(NC(=O)c1nccn1C)C(=O)NCCc1c(-c2ccccc2)[nH]c2ccccc12. The highest BCUT2D eigenvalue weighted by Crippen LogP contribution is 2.30. The summed E-state index contributed by atoms with van der Waals surface area (Å²) in [6.07, 6.45) is 7.23. The van der Waals surface area contributed by atoms with Gasteiger partial charge in [0.05, 0.1) is 0 Å². The first-order valence-electron chi connectivity index (χ1n) is 13.1. The zero-order valence-electron chi connectivity index (χ0n) is 22.0. The van der Waals surface area contributed by atoms with Gasteiger partial charge in [-0.1, -0.05) is 61.4 Å². The number of Topliss-reactive ketones (excluding diaryl/α,β-unsaturated/α-hetero) is 1. The molecule has 38 heavy (non-hydrogen) atoms. The summed E-state index contributed by atoms with van der Waals surface area (Å²) in [6.45, 7) is 2.01. The van der Waals surface area contributed by atoms with Gasteiger partial charge in [0.1, 0.15) is 11.8 Å². The number of nitrogens with one attached hydrogen (secondary N) is 3. The zero-order valence-corrected chi connectivity index (χ0v) is 22.0. The number of aryl methyl sites for hydroxylation is 1. The molecular weight excluding hydrogens is 478 g/mol. The number of para-hydroxylation sites is 1. The zero-order chi connectivity index (χ0) is 26.9. The van der Waals surface area contributed by atoms with E-state index in [1.807, 2.05) is 30.3 Å². The molecule has 4 aromatic rings. The third-order valence-electron chi connectivity index (χ3n) is 6.72. The second kappa shape index (κ2) is 12.9. The lowest BCUT2D eigenvalue weighted by Gasteiger charge is -2.18. The van der Waals surface area contributed by atoms with E-state index in [0.717, 1.165) is 47.0 Å². The molecule has 2 amide bonds. The van der Waals surface area contributed by atoms with E-state index in [0.29, 0.717) is 25.8 Å². The van der Waals surface area contributed by atoms with Crippen molar-refractivity contribution >= 4 is 28.5 Å². The molecule has 1 unspecified atom stereocenters. The van der Waals surface area contributed by atoms with Gasteiger partial charge in [-0.05, 0) is 43.4 Å². The number of hydrogen-bond donors (Lipinski definition) is 3.